The predicted molar refractivity (Wildman–Crippen MR) is 229 cm³/mol. The molecule has 0 aromatic carbocycles. The molecule has 0 aliphatic carbocycles. The van der Waals surface area contributed by atoms with Gasteiger partial charge in [0.25, 0.3) is 0 Å². The SMILES string of the molecule is CCCC/C=C\CCCCCCCC(=O)OC(COC(=O)CCCCC/C=C\CCCCCCCCC)COC(=O)CCCCCCCCCCCCC. The van der Waals surface area contributed by atoms with E-state index in [2.05, 4.69) is 45.1 Å². The molecule has 0 bridgehead atoms. The molecule has 6 nitrogen and oxygen atoms in total. The maximum Gasteiger partial charge on any atom is 0.306 e. The number of rotatable bonds is 42. The molecule has 1 atom stereocenters. The lowest BCUT2D eigenvalue weighted by molar-refractivity contribution is -0.167. The lowest BCUT2D eigenvalue weighted by atomic mass is 10.1. The summed E-state index contributed by atoms with van der Waals surface area (Å²) in [6.07, 6.45) is 47.3. The molecule has 0 saturated heterocycles. The molecule has 6 heteroatoms. The van der Waals surface area contributed by atoms with Crippen molar-refractivity contribution >= 4 is 17.9 Å². The van der Waals surface area contributed by atoms with Crippen molar-refractivity contribution in [2.45, 2.75) is 252 Å². The van der Waals surface area contributed by atoms with Crippen LogP contribution in [-0.2, 0) is 28.6 Å². The summed E-state index contributed by atoms with van der Waals surface area (Å²) in [4.78, 5) is 37.7. The number of hydrogen-bond donors (Lipinski definition) is 0. The zero-order valence-electron chi connectivity index (χ0n) is 36.0. The van der Waals surface area contributed by atoms with E-state index in [1.165, 1.54) is 122 Å². The van der Waals surface area contributed by atoms with Crippen molar-refractivity contribution in [3.8, 4) is 0 Å². The molecule has 1 unspecified atom stereocenters. The second kappa shape index (κ2) is 43.6. The number of hydrogen-bond acceptors (Lipinski definition) is 6. The van der Waals surface area contributed by atoms with Crippen molar-refractivity contribution in [1.29, 1.82) is 0 Å². The second-order valence-electron chi connectivity index (χ2n) is 15.7. The summed E-state index contributed by atoms with van der Waals surface area (Å²) in [6.45, 7) is 6.57. The fourth-order valence-electron chi connectivity index (χ4n) is 6.59. The summed E-state index contributed by atoms with van der Waals surface area (Å²) in [6, 6.07) is 0. The van der Waals surface area contributed by atoms with Gasteiger partial charge in [0.2, 0.25) is 0 Å². The second-order valence-corrected chi connectivity index (χ2v) is 15.7. The van der Waals surface area contributed by atoms with E-state index in [4.69, 9.17) is 14.2 Å². The Morgan fingerprint density at radius 3 is 1.00 bits per heavy atom. The number of esters is 3. The van der Waals surface area contributed by atoms with Gasteiger partial charge in [0, 0.05) is 19.3 Å². The highest BCUT2D eigenvalue weighted by Crippen LogP contribution is 2.14. The predicted octanol–water partition coefficient (Wildman–Crippen LogP) is 14.8. The van der Waals surface area contributed by atoms with Crippen LogP contribution in [0.5, 0.6) is 0 Å². The molecule has 54 heavy (non-hydrogen) atoms. The van der Waals surface area contributed by atoms with Gasteiger partial charge in [0.1, 0.15) is 13.2 Å². The molecular weight excluding hydrogens is 673 g/mol. The van der Waals surface area contributed by atoms with Gasteiger partial charge in [0.15, 0.2) is 6.10 Å². The third kappa shape index (κ3) is 41.1. The third-order valence-corrected chi connectivity index (χ3v) is 10.2. The van der Waals surface area contributed by atoms with Crippen molar-refractivity contribution in [2.75, 3.05) is 13.2 Å². The van der Waals surface area contributed by atoms with E-state index in [0.29, 0.717) is 19.3 Å². The van der Waals surface area contributed by atoms with E-state index < -0.39 is 6.10 Å². The maximum atomic E-state index is 12.7. The third-order valence-electron chi connectivity index (χ3n) is 10.2. The van der Waals surface area contributed by atoms with Gasteiger partial charge in [-0.25, -0.2) is 0 Å². The van der Waals surface area contributed by atoms with Crippen LogP contribution in [0.1, 0.15) is 245 Å². The quantitative estimate of drug-likeness (QED) is 0.0267. The average molecular weight is 761 g/mol. The van der Waals surface area contributed by atoms with Crippen LogP contribution in [0.4, 0.5) is 0 Å². The first-order valence-electron chi connectivity index (χ1n) is 23.3. The Labute approximate surface area is 334 Å². The van der Waals surface area contributed by atoms with Crippen LogP contribution in [0.25, 0.3) is 0 Å². The lowest BCUT2D eigenvalue weighted by Gasteiger charge is -2.18. The monoisotopic (exact) mass is 761 g/mol. The van der Waals surface area contributed by atoms with Crippen LogP contribution in [0, 0.1) is 0 Å². The Hall–Kier alpha value is -2.11. The van der Waals surface area contributed by atoms with Gasteiger partial charge in [-0.3, -0.25) is 14.4 Å². The van der Waals surface area contributed by atoms with E-state index in [1.807, 2.05) is 0 Å². The maximum absolute atomic E-state index is 12.7. The number of carbonyl (C=O) groups excluding carboxylic acids is 3. The first kappa shape index (κ1) is 51.9. The highest BCUT2D eigenvalue weighted by molar-refractivity contribution is 5.71. The number of carbonyl (C=O) groups is 3. The highest BCUT2D eigenvalue weighted by atomic mass is 16.6. The first-order chi connectivity index (χ1) is 26.5. The standard InChI is InChI=1S/C48H88O6/c1-4-7-10-13-16-19-22-23-24-27-29-32-35-38-41-47(50)53-44-45(54-48(51)42-39-36-33-30-26-21-18-15-12-9-6-3)43-52-46(49)40-37-34-31-28-25-20-17-14-11-8-5-2/h15,18,24,27,45H,4-14,16-17,19-23,25-26,28-44H2,1-3H3/b18-15-,27-24-. The summed E-state index contributed by atoms with van der Waals surface area (Å²) in [5.41, 5.74) is 0. The van der Waals surface area contributed by atoms with E-state index >= 15 is 0 Å². The van der Waals surface area contributed by atoms with E-state index in [1.54, 1.807) is 0 Å². The Kier molecular flexibility index (Phi) is 41.9. The lowest BCUT2D eigenvalue weighted by Crippen LogP contribution is -2.30. The van der Waals surface area contributed by atoms with Crippen LogP contribution >= 0.6 is 0 Å². The van der Waals surface area contributed by atoms with Crippen molar-refractivity contribution in [2.24, 2.45) is 0 Å². The molecular formula is C48H88O6. The Balaban J connectivity index is 4.37. The minimum atomic E-state index is -0.774. The van der Waals surface area contributed by atoms with Gasteiger partial charge in [-0.1, -0.05) is 186 Å². The van der Waals surface area contributed by atoms with Crippen LogP contribution in [0.15, 0.2) is 24.3 Å². The molecule has 0 amide bonds. The Morgan fingerprint density at radius 2 is 0.630 bits per heavy atom. The normalized spacial score (nSPS) is 12.1. The van der Waals surface area contributed by atoms with E-state index in [0.717, 1.165) is 83.5 Å². The molecule has 0 N–H and O–H groups in total. The zero-order valence-corrected chi connectivity index (χ0v) is 36.0. The molecule has 0 fully saturated rings. The fourth-order valence-corrected chi connectivity index (χ4v) is 6.59. The van der Waals surface area contributed by atoms with Gasteiger partial charge in [-0.2, -0.15) is 0 Å². The number of ether oxygens (including phenoxy) is 3. The van der Waals surface area contributed by atoms with Crippen LogP contribution in [0.3, 0.4) is 0 Å². The smallest absolute Gasteiger partial charge is 0.306 e. The molecule has 0 aliphatic heterocycles. The van der Waals surface area contributed by atoms with Crippen molar-refractivity contribution in [3.63, 3.8) is 0 Å². The number of allylic oxidation sites excluding steroid dienone is 4. The minimum absolute atomic E-state index is 0.0765. The van der Waals surface area contributed by atoms with Gasteiger partial charge in [-0.05, 0) is 64.2 Å². The van der Waals surface area contributed by atoms with Crippen LogP contribution in [0.2, 0.25) is 0 Å². The minimum Gasteiger partial charge on any atom is -0.462 e. The largest absolute Gasteiger partial charge is 0.462 e. The summed E-state index contributed by atoms with van der Waals surface area (Å²) < 4.78 is 16.7. The Morgan fingerprint density at radius 1 is 0.352 bits per heavy atom. The molecule has 0 aromatic heterocycles. The van der Waals surface area contributed by atoms with Crippen LogP contribution in [-0.4, -0.2) is 37.2 Å². The molecule has 0 spiro atoms. The highest BCUT2D eigenvalue weighted by Gasteiger charge is 2.19. The topological polar surface area (TPSA) is 78.9 Å². The zero-order chi connectivity index (χ0) is 39.4. The van der Waals surface area contributed by atoms with Crippen LogP contribution < -0.4 is 0 Å². The van der Waals surface area contributed by atoms with Gasteiger partial charge >= 0.3 is 17.9 Å². The number of unbranched alkanes of at least 4 members (excludes halogenated alkanes) is 27. The first-order valence-corrected chi connectivity index (χ1v) is 23.3. The summed E-state index contributed by atoms with van der Waals surface area (Å²) in [7, 11) is 0. The molecule has 0 radical (unpaired) electrons. The van der Waals surface area contributed by atoms with Gasteiger partial charge in [0.05, 0.1) is 0 Å². The van der Waals surface area contributed by atoms with Gasteiger partial charge in [-0.15, -0.1) is 0 Å². The summed E-state index contributed by atoms with van der Waals surface area (Å²) in [5, 5.41) is 0. The van der Waals surface area contributed by atoms with Gasteiger partial charge < -0.3 is 14.2 Å². The molecule has 0 aliphatic rings. The molecule has 0 saturated carbocycles. The fraction of sp³-hybridized carbons (Fsp3) is 0.854. The molecule has 316 valence electrons. The molecule has 0 heterocycles. The molecule has 0 aromatic rings. The summed E-state index contributed by atoms with van der Waals surface area (Å²) in [5.74, 6) is -0.899. The van der Waals surface area contributed by atoms with Crippen molar-refractivity contribution in [1.82, 2.24) is 0 Å². The average Bonchev–Trinajstić information content (AvgIpc) is 3.17. The molecule has 0 rings (SSSR count). The van der Waals surface area contributed by atoms with E-state index in [-0.39, 0.29) is 31.1 Å². The van der Waals surface area contributed by atoms with E-state index in [9.17, 15) is 14.4 Å². The Bertz CT molecular complexity index is 880. The van der Waals surface area contributed by atoms with Crippen molar-refractivity contribution < 1.29 is 28.6 Å². The summed E-state index contributed by atoms with van der Waals surface area (Å²) >= 11 is 0. The van der Waals surface area contributed by atoms with Crippen molar-refractivity contribution in [3.05, 3.63) is 24.3 Å².